The molecule has 2 heterocycles. The van der Waals surface area contributed by atoms with E-state index in [2.05, 4.69) is 10.3 Å². The Bertz CT molecular complexity index is 1310. The van der Waals surface area contributed by atoms with Crippen molar-refractivity contribution in [3.63, 3.8) is 0 Å². The molecule has 3 rings (SSSR count). The number of amides is 1. The molecule has 2 atom stereocenters. The van der Waals surface area contributed by atoms with E-state index >= 15 is 0 Å². The molecule has 8 heteroatoms. The number of aryl methyl sites for hydroxylation is 3. The molecule has 3 aromatic rings. The SMILES string of the molecule is Cc1cc(=O)n(C(CC(C)C)C(=O)NC(CC(=O)O)c2cncc(-c3c(C)cccc3C)c2)cc1F. The van der Waals surface area contributed by atoms with Crippen molar-refractivity contribution in [2.75, 3.05) is 0 Å². The average Bonchev–Trinajstić information content (AvgIpc) is 2.79. The van der Waals surface area contributed by atoms with Gasteiger partial charge in [-0.3, -0.25) is 19.4 Å². The topological polar surface area (TPSA) is 101 Å². The zero-order valence-electron chi connectivity index (χ0n) is 21.2. The van der Waals surface area contributed by atoms with Gasteiger partial charge in [0.05, 0.1) is 12.5 Å². The molecule has 1 aromatic carbocycles. The first-order valence-corrected chi connectivity index (χ1v) is 11.9. The molecule has 0 aliphatic carbocycles. The van der Waals surface area contributed by atoms with Crippen LogP contribution in [0.5, 0.6) is 0 Å². The fourth-order valence-corrected chi connectivity index (χ4v) is 4.40. The molecule has 0 fully saturated rings. The van der Waals surface area contributed by atoms with Crippen LogP contribution in [0.4, 0.5) is 4.39 Å². The van der Waals surface area contributed by atoms with Crippen molar-refractivity contribution in [2.24, 2.45) is 5.92 Å². The van der Waals surface area contributed by atoms with Gasteiger partial charge >= 0.3 is 5.97 Å². The number of hydrogen-bond donors (Lipinski definition) is 2. The Kier molecular flexibility index (Phi) is 8.40. The summed E-state index contributed by atoms with van der Waals surface area (Å²) in [5.41, 5.74) is 4.11. The number of carbonyl (C=O) groups excluding carboxylic acids is 1. The maximum Gasteiger partial charge on any atom is 0.305 e. The van der Waals surface area contributed by atoms with Gasteiger partial charge in [0.1, 0.15) is 11.9 Å². The number of carboxylic acids is 1. The molecule has 0 radical (unpaired) electrons. The minimum Gasteiger partial charge on any atom is -0.481 e. The van der Waals surface area contributed by atoms with Crippen LogP contribution in [0.1, 0.15) is 61.0 Å². The van der Waals surface area contributed by atoms with Gasteiger partial charge < -0.3 is 15.0 Å². The highest BCUT2D eigenvalue weighted by Crippen LogP contribution is 2.29. The summed E-state index contributed by atoms with van der Waals surface area (Å²) >= 11 is 0. The van der Waals surface area contributed by atoms with Gasteiger partial charge in [-0.15, -0.1) is 0 Å². The molecule has 1 amide bonds. The normalized spacial score (nSPS) is 12.9. The number of rotatable bonds is 9. The number of carboxylic acid groups (broad SMARTS) is 1. The number of pyridine rings is 2. The largest absolute Gasteiger partial charge is 0.481 e. The molecule has 0 spiro atoms. The lowest BCUT2D eigenvalue weighted by molar-refractivity contribution is -0.138. The summed E-state index contributed by atoms with van der Waals surface area (Å²) in [6.07, 6.45) is 4.17. The summed E-state index contributed by atoms with van der Waals surface area (Å²) in [7, 11) is 0. The first-order valence-electron chi connectivity index (χ1n) is 11.9. The van der Waals surface area contributed by atoms with Crippen molar-refractivity contribution in [3.05, 3.63) is 87.3 Å². The number of halogens is 1. The molecule has 2 N–H and O–H groups in total. The van der Waals surface area contributed by atoms with E-state index in [0.717, 1.165) is 39.1 Å². The number of nitrogens with zero attached hydrogens (tertiary/aromatic N) is 2. The van der Waals surface area contributed by atoms with Gasteiger partial charge in [-0.05, 0) is 67.0 Å². The average molecular weight is 494 g/mol. The van der Waals surface area contributed by atoms with Crippen LogP contribution in [0.15, 0.2) is 53.7 Å². The third-order valence-corrected chi connectivity index (χ3v) is 6.18. The Morgan fingerprint density at radius 3 is 2.36 bits per heavy atom. The molecule has 0 saturated carbocycles. The first kappa shape index (κ1) is 26.8. The predicted octanol–water partition coefficient (Wildman–Crippen LogP) is 4.89. The Labute approximate surface area is 210 Å². The highest BCUT2D eigenvalue weighted by molar-refractivity contribution is 5.82. The van der Waals surface area contributed by atoms with E-state index in [1.54, 1.807) is 6.20 Å². The maximum atomic E-state index is 14.3. The summed E-state index contributed by atoms with van der Waals surface area (Å²) in [5, 5.41) is 12.4. The minimum absolute atomic E-state index is 0.0176. The molecule has 190 valence electrons. The second-order valence-corrected chi connectivity index (χ2v) is 9.63. The lowest BCUT2D eigenvalue weighted by Crippen LogP contribution is -2.40. The number of benzene rings is 1. The number of aliphatic carboxylic acids is 1. The van der Waals surface area contributed by atoms with Crippen molar-refractivity contribution in [1.29, 1.82) is 0 Å². The van der Waals surface area contributed by atoms with Gasteiger partial charge in [0.2, 0.25) is 5.91 Å². The number of carbonyl (C=O) groups is 2. The molecular weight excluding hydrogens is 461 g/mol. The van der Waals surface area contributed by atoms with Crippen LogP contribution < -0.4 is 10.9 Å². The smallest absolute Gasteiger partial charge is 0.305 e. The molecule has 0 bridgehead atoms. The Morgan fingerprint density at radius 1 is 1.08 bits per heavy atom. The van der Waals surface area contributed by atoms with Crippen molar-refractivity contribution >= 4 is 11.9 Å². The van der Waals surface area contributed by atoms with Crippen molar-refractivity contribution in [3.8, 4) is 11.1 Å². The van der Waals surface area contributed by atoms with E-state index in [9.17, 15) is 23.9 Å². The molecular formula is C28H32FN3O4. The zero-order valence-corrected chi connectivity index (χ0v) is 21.2. The quantitative estimate of drug-likeness (QED) is 0.442. The van der Waals surface area contributed by atoms with E-state index in [1.807, 2.05) is 52.0 Å². The third kappa shape index (κ3) is 6.24. The summed E-state index contributed by atoms with van der Waals surface area (Å²) in [6, 6.07) is 7.02. The fourth-order valence-electron chi connectivity index (χ4n) is 4.40. The van der Waals surface area contributed by atoms with E-state index in [0.29, 0.717) is 5.56 Å². The van der Waals surface area contributed by atoms with Gasteiger partial charge in [-0.25, -0.2) is 4.39 Å². The fraction of sp³-hybridized carbons (Fsp3) is 0.357. The van der Waals surface area contributed by atoms with Crippen LogP contribution in [-0.4, -0.2) is 26.5 Å². The lowest BCUT2D eigenvalue weighted by Gasteiger charge is -2.25. The van der Waals surface area contributed by atoms with Gasteiger partial charge in [0, 0.05) is 30.2 Å². The highest BCUT2D eigenvalue weighted by atomic mass is 19.1. The summed E-state index contributed by atoms with van der Waals surface area (Å²) < 4.78 is 15.4. The number of nitrogens with one attached hydrogen (secondary N) is 1. The molecule has 0 aliphatic rings. The van der Waals surface area contributed by atoms with E-state index in [-0.39, 0.29) is 24.3 Å². The van der Waals surface area contributed by atoms with Gasteiger partial charge in [-0.2, -0.15) is 0 Å². The third-order valence-electron chi connectivity index (χ3n) is 6.18. The zero-order chi connectivity index (χ0) is 26.6. The van der Waals surface area contributed by atoms with Crippen LogP contribution in [0.25, 0.3) is 11.1 Å². The molecule has 0 saturated heterocycles. The van der Waals surface area contributed by atoms with E-state index < -0.39 is 35.3 Å². The van der Waals surface area contributed by atoms with Crippen LogP contribution in [0, 0.1) is 32.5 Å². The maximum absolute atomic E-state index is 14.3. The number of hydrogen-bond acceptors (Lipinski definition) is 4. The Morgan fingerprint density at radius 2 is 1.75 bits per heavy atom. The molecule has 2 unspecified atom stereocenters. The van der Waals surface area contributed by atoms with Crippen LogP contribution in [-0.2, 0) is 9.59 Å². The highest BCUT2D eigenvalue weighted by Gasteiger charge is 2.27. The van der Waals surface area contributed by atoms with Crippen molar-refractivity contribution in [1.82, 2.24) is 14.9 Å². The molecule has 7 nitrogen and oxygen atoms in total. The minimum atomic E-state index is -1.10. The summed E-state index contributed by atoms with van der Waals surface area (Å²) in [4.78, 5) is 42.1. The summed E-state index contributed by atoms with van der Waals surface area (Å²) in [6.45, 7) is 9.24. The van der Waals surface area contributed by atoms with E-state index in [4.69, 9.17) is 0 Å². The monoisotopic (exact) mass is 493 g/mol. The second kappa shape index (κ2) is 11.3. The van der Waals surface area contributed by atoms with Crippen molar-refractivity contribution < 1.29 is 19.1 Å². The number of aromatic nitrogens is 2. The van der Waals surface area contributed by atoms with Crippen LogP contribution in [0.2, 0.25) is 0 Å². The van der Waals surface area contributed by atoms with Gasteiger partial charge in [0.15, 0.2) is 0 Å². The molecule has 36 heavy (non-hydrogen) atoms. The van der Waals surface area contributed by atoms with Crippen LogP contribution >= 0.6 is 0 Å². The van der Waals surface area contributed by atoms with Crippen LogP contribution in [0.3, 0.4) is 0 Å². The van der Waals surface area contributed by atoms with E-state index in [1.165, 1.54) is 13.1 Å². The second-order valence-electron chi connectivity index (χ2n) is 9.63. The Balaban J connectivity index is 2.00. The standard InChI is InChI=1S/C28H32FN3O4/c1-16(2)9-24(32-15-22(29)19(5)10-25(32)33)28(36)31-23(12-26(34)35)20-11-21(14-30-13-20)27-17(3)7-6-8-18(27)4/h6-8,10-11,13-16,23-24H,9,12H2,1-5H3,(H,31,36)(H,34,35). The molecule has 0 aliphatic heterocycles. The van der Waals surface area contributed by atoms with Gasteiger partial charge in [-0.1, -0.05) is 32.0 Å². The lowest BCUT2D eigenvalue weighted by atomic mass is 9.94. The van der Waals surface area contributed by atoms with Crippen molar-refractivity contribution in [2.45, 2.75) is 59.5 Å². The Hall–Kier alpha value is -3.81. The first-order chi connectivity index (χ1) is 17.0. The molecule has 2 aromatic heterocycles. The predicted molar refractivity (Wildman–Crippen MR) is 136 cm³/mol. The summed E-state index contributed by atoms with van der Waals surface area (Å²) in [5.74, 6) is -2.23. The van der Waals surface area contributed by atoms with Gasteiger partial charge in [0.25, 0.3) is 5.56 Å².